The fraction of sp³-hybridized carbons (Fsp3) is 0.500. The first-order chi connectivity index (χ1) is 11.0. The molecule has 23 heavy (non-hydrogen) atoms. The van der Waals surface area contributed by atoms with Crippen molar-refractivity contribution >= 4 is 5.78 Å². The van der Waals surface area contributed by atoms with Gasteiger partial charge >= 0.3 is 0 Å². The minimum atomic E-state index is 0.0473. The Morgan fingerprint density at radius 1 is 1.22 bits per heavy atom. The lowest BCUT2D eigenvalue weighted by atomic mass is 9.57. The number of rotatable bonds is 1. The molecule has 0 amide bonds. The van der Waals surface area contributed by atoms with Gasteiger partial charge in [0.1, 0.15) is 11.6 Å². The quantitative estimate of drug-likeness (QED) is 0.798. The number of aryl methyl sites for hydroxylation is 1. The summed E-state index contributed by atoms with van der Waals surface area (Å²) in [7, 11) is 0. The van der Waals surface area contributed by atoms with Crippen molar-refractivity contribution in [2.45, 2.75) is 51.9 Å². The van der Waals surface area contributed by atoms with Crippen LogP contribution >= 0.6 is 0 Å². The molecule has 0 N–H and O–H groups in total. The molecule has 4 rings (SSSR count). The van der Waals surface area contributed by atoms with E-state index in [2.05, 4.69) is 49.6 Å². The van der Waals surface area contributed by atoms with Gasteiger partial charge in [0, 0.05) is 29.1 Å². The van der Waals surface area contributed by atoms with E-state index in [1.54, 1.807) is 0 Å². The van der Waals surface area contributed by atoms with Crippen molar-refractivity contribution in [1.82, 2.24) is 9.55 Å². The van der Waals surface area contributed by atoms with Crippen LogP contribution in [0, 0.1) is 18.8 Å². The van der Waals surface area contributed by atoms with Gasteiger partial charge in [-0.3, -0.25) is 4.79 Å². The summed E-state index contributed by atoms with van der Waals surface area (Å²) in [5.74, 6) is 2.11. The molecule has 0 bridgehead atoms. The third-order valence-electron chi connectivity index (χ3n) is 6.21. The van der Waals surface area contributed by atoms with Crippen LogP contribution in [0.15, 0.2) is 30.3 Å². The Bertz CT molecular complexity index is 761. The summed E-state index contributed by atoms with van der Waals surface area (Å²) in [6.45, 7) is 6.55. The van der Waals surface area contributed by atoms with Crippen LogP contribution in [-0.4, -0.2) is 15.3 Å². The molecule has 120 valence electrons. The number of Topliss-reactive ketones (excluding diaryl/α,β-unsaturated/α-hetero) is 1. The largest absolute Gasteiger partial charge is 0.301 e. The molecule has 0 unspecified atom stereocenters. The second-order valence-electron chi connectivity index (χ2n) is 7.44. The first-order valence-electron chi connectivity index (χ1n) is 8.69. The third-order valence-corrected chi connectivity index (χ3v) is 6.21. The number of para-hydroxylation sites is 1. The number of aromatic nitrogens is 2. The summed E-state index contributed by atoms with van der Waals surface area (Å²) in [6.07, 6.45) is 3.75. The number of ketones is 1. The third kappa shape index (κ3) is 2.02. The lowest BCUT2D eigenvalue weighted by Gasteiger charge is -2.46. The minimum absolute atomic E-state index is 0.0473. The van der Waals surface area contributed by atoms with E-state index >= 15 is 0 Å². The van der Waals surface area contributed by atoms with E-state index in [1.165, 1.54) is 17.1 Å². The number of hydrogen-bond donors (Lipinski definition) is 0. The van der Waals surface area contributed by atoms with Crippen LogP contribution in [-0.2, 0) is 16.6 Å². The monoisotopic (exact) mass is 308 g/mol. The molecule has 0 spiro atoms. The van der Waals surface area contributed by atoms with Crippen LogP contribution in [0.4, 0.5) is 0 Å². The summed E-state index contributed by atoms with van der Waals surface area (Å²) in [4.78, 5) is 17.2. The van der Waals surface area contributed by atoms with Crippen molar-refractivity contribution < 1.29 is 4.79 Å². The Balaban J connectivity index is 1.86. The SMILES string of the molecule is Cc1nc2c(n1-c1ccccc1)CC[C@H]1[C@H](C)C(=O)CC[C@]21C. The fourth-order valence-electron chi connectivity index (χ4n) is 4.91. The molecule has 2 aliphatic carbocycles. The highest BCUT2D eigenvalue weighted by Crippen LogP contribution is 2.51. The van der Waals surface area contributed by atoms with Gasteiger partial charge in [-0.15, -0.1) is 0 Å². The second kappa shape index (κ2) is 5.05. The van der Waals surface area contributed by atoms with Crippen molar-refractivity contribution in [3.8, 4) is 5.69 Å². The average molecular weight is 308 g/mol. The molecule has 2 aliphatic rings. The fourth-order valence-corrected chi connectivity index (χ4v) is 4.91. The molecule has 0 radical (unpaired) electrons. The number of fused-ring (bicyclic) bond motifs is 3. The zero-order valence-electron chi connectivity index (χ0n) is 14.2. The van der Waals surface area contributed by atoms with E-state index in [0.29, 0.717) is 18.1 Å². The van der Waals surface area contributed by atoms with E-state index in [9.17, 15) is 4.79 Å². The molecule has 1 heterocycles. The molecule has 1 saturated carbocycles. The lowest BCUT2D eigenvalue weighted by Crippen LogP contribution is -2.47. The van der Waals surface area contributed by atoms with Gasteiger partial charge in [0.25, 0.3) is 0 Å². The Labute approximate surface area is 137 Å². The maximum absolute atomic E-state index is 12.2. The smallest absolute Gasteiger partial charge is 0.136 e. The van der Waals surface area contributed by atoms with E-state index < -0.39 is 0 Å². The molecule has 3 heteroatoms. The molecular weight excluding hydrogens is 284 g/mol. The zero-order chi connectivity index (χ0) is 16.2. The Morgan fingerprint density at radius 3 is 2.70 bits per heavy atom. The lowest BCUT2D eigenvalue weighted by molar-refractivity contribution is -0.128. The summed E-state index contributed by atoms with van der Waals surface area (Å²) in [5.41, 5.74) is 3.84. The summed E-state index contributed by atoms with van der Waals surface area (Å²) >= 11 is 0. The van der Waals surface area contributed by atoms with Gasteiger partial charge in [-0.25, -0.2) is 4.98 Å². The van der Waals surface area contributed by atoms with Crippen molar-refractivity contribution in [3.63, 3.8) is 0 Å². The van der Waals surface area contributed by atoms with E-state index in [-0.39, 0.29) is 11.3 Å². The van der Waals surface area contributed by atoms with Crippen molar-refractivity contribution in [2.24, 2.45) is 11.8 Å². The maximum atomic E-state index is 12.2. The van der Waals surface area contributed by atoms with Crippen LogP contribution in [0.3, 0.4) is 0 Å². The highest BCUT2D eigenvalue weighted by atomic mass is 16.1. The van der Waals surface area contributed by atoms with Crippen molar-refractivity contribution in [3.05, 3.63) is 47.5 Å². The molecule has 3 atom stereocenters. The van der Waals surface area contributed by atoms with Gasteiger partial charge in [0.15, 0.2) is 0 Å². The number of hydrogen-bond acceptors (Lipinski definition) is 2. The van der Waals surface area contributed by atoms with Gasteiger partial charge < -0.3 is 4.57 Å². The molecule has 1 aromatic heterocycles. The number of carbonyl (C=O) groups is 1. The average Bonchev–Trinajstić information content (AvgIpc) is 2.90. The predicted molar refractivity (Wildman–Crippen MR) is 90.9 cm³/mol. The molecule has 2 aromatic rings. The van der Waals surface area contributed by atoms with Crippen LogP contribution in [0.1, 0.15) is 50.3 Å². The zero-order valence-corrected chi connectivity index (χ0v) is 14.2. The summed E-state index contributed by atoms with van der Waals surface area (Å²) < 4.78 is 2.32. The van der Waals surface area contributed by atoms with Crippen LogP contribution in [0.25, 0.3) is 5.69 Å². The number of benzene rings is 1. The molecule has 1 aromatic carbocycles. The number of imidazole rings is 1. The standard InChI is InChI=1S/C20H24N2O/c1-13-16-9-10-17-19(20(16,3)12-11-18(13)23)21-14(2)22(17)15-7-5-4-6-8-15/h4-8,13,16H,9-12H2,1-3H3/t13-,16-,20-/m0/s1. The summed E-state index contributed by atoms with van der Waals surface area (Å²) in [5, 5.41) is 0. The number of carbonyl (C=O) groups excluding carboxylic acids is 1. The number of nitrogens with zero attached hydrogens (tertiary/aromatic N) is 2. The highest BCUT2D eigenvalue weighted by Gasteiger charge is 2.50. The second-order valence-corrected chi connectivity index (χ2v) is 7.44. The minimum Gasteiger partial charge on any atom is -0.301 e. The molecule has 3 nitrogen and oxygen atoms in total. The van der Waals surface area contributed by atoms with Crippen LogP contribution in [0.5, 0.6) is 0 Å². The highest BCUT2D eigenvalue weighted by molar-refractivity contribution is 5.82. The first-order valence-corrected chi connectivity index (χ1v) is 8.69. The van der Waals surface area contributed by atoms with Crippen molar-refractivity contribution in [1.29, 1.82) is 0 Å². The summed E-state index contributed by atoms with van der Waals surface area (Å²) in [6, 6.07) is 10.5. The van der Waals surface area contributed by atoms with E-state index in [0.717, 1.165) is 25.1 Å². The normalized spacial score (nSPS) is 30.0. The van der Waals surface area contributed by atoms with Crippen molar-refractivity contribution in [2.75, 3.05) is 0 Å². The van der Waals surface area contributed by atoms with Gasteiger partial charge in [-0.05, 0) is 44.2 Å². The van der Waals surface area contributed by atoms with E-state index in [1.807, 2.05) is 6.07 Å². The maximum Gasteiger partial charge on any atom is 0.136 e. The Morgan fingerprint density at radius 2 is 1.96 bits per heavy atom. The van der Waals surface area contributed by atoms with Gasteiger partial charge in [-0.1, -0.05) is 32.0 Å². The Kier molecular flexibility index (Phi) is 3.22. The first kappa shape index (κ1) is 14.7. The predicted octanol–water partition coefficient (Wildman–Crippen LogP) is 4.00. The molecule has 0 saturated heterocycles. The van der Waals surface area contributed by atoms with Gasteiger partial charge in [0.05, 0.1) is 5.69 Å². The molecule has 0 aliphatic heterocycles. The van der Waals surface area contributed by atoms with Gasteiger partial charge in [0.2, 0.25) is 0 Å². The Hall–Kier alpha value is -1.90. The molecular formula is C20H24N2O. The van der Waals surface area contributed by atoms with Crippen LogP contribution < -0.4 is 0 Å². The van der Waals surface area contributed by atoms with Gasteiger partial charge in [-0.2, -0.15) is 0 Å². The van der Waals surface area contributed by atoms with E-state index in [4.69, 9.17) is 4.98 Å². The van der Waals surface area contributed by atoms with Crippen LogP contribution in [0.2, 0.25) is 0 Å². The topological polar surface area (TPSA) is 34.9 Å². The molecule has 1 fully saturated rings.